The molecular weight excluding hydrogens is 408 g/mol. The monoisotopic (exact) mass is 442 g/mol. The Morgan fingerprint density at radius 1 is 1.31 bits per heavy atom. The fraction of sp³-hybridized carbons (Fsp3) is 0.667. The van der Waals surface area contributed by atoms with E-state index in [0.717, 1.165) is 32.1 Å². The number of amides is 4. The van der Waals surface area contributed by atoms with Gasteiger partial charge < -0.3 is 15.8 Å². The first kappa shape index (κ1) is 22.6. The molecule has 8 nitrogen and oxygen atoms in total. The van der Waals surface area contributed by atoms with E-state index < -0.39 is 5.91 Å². The van der Waals surface area contributed by atoms with Crippen LogP contribution in [-0.2, 0) is 4.79 Å². The number of urea groups is 1. The summed E-state index contributed by atoms with van der Waals surface area (Å²) >= 11 is 0. The molecule has 8 heteroatoms. The van der Waals surface area contributed by atoms with Crippen LogP contribution in [0.2, 0.25) is 0 Å². The number of rotatable bonds is 8. The van der Waals surface area contributed by atoms with Crippen molar-refractivity contribution in [2.75, 3.05) is 0 Å². The van der Waals surface area contributed by atoms with Crippen LogP contribution in [0.25, 0.3) is 0 Å². The first-order valence-corrected chi connectivity index (χ1v) is 11.8. The third kappa shape index (κ3) is 4.74. The third-order valence-electron chi connectivity index (χ3n) is 7.33. The molecule has 1 unspecified atom stereocenters. The Bertz CT molecular complexity index is 877. The molecule has 1 aromatic heterocycles. The predicted octanol–water partition coefficient (Wildman–Crippen LogP) is 3.40. The minimum Gasteiger partial charge on any atom is -0.474 e. The largest absolute Gasteiger partial charge is 0.474 e. The SMILES string of the molecule is C[C@@H](C[C@]1(C)C[C@@H](Oc2ncccc2C(N)=O)C1)N1C(=O)NC(CC2CCCCC2)C1=O. The van der Waals surface area contributed by atoms with Gasteiger partial charge in [-0.15, -0.1) is 0 Å². The van der Waals surface area contributed by atoms with Gasteiger partial charge in [0.1, 0.15) is 17.7 Å². The Balaban J connectivity index is 1.30. The molecule has 2 heterocycles. The first-order chi connectivity index (χ1) is 15.3. The number of nitrogens with one attached hydrogen (secondary N) is 1. The van der Waals surface area contributed by atoms with Gasteiger partial charge in [-0.2, -0.15) is 0 Å². The molecule has 3 fully saturated rings. The van der Waals surface area contributed by atoms with Crippen molar-refractivity contribution in [3.8, 4) is 5.88 Å². The third-order valence-corrected chi connectivity index (χ3v) is 7.33. The first-order valence-electron chi connectivity index (χ1n) is 11.8. The molecule has 32 heavy (non-hydrogen) atoms. The second-order valence-corrected chi connectivity index (χ2v) is 10.2. The van der Waals surface area contributed by atoms with Crippen LogP contribution in [0.3, 0.4) is 0 Å². The number of imide groups is 1. The predicted molar refractivity (Wildman–Crippen MR) is 119 cm³/mol. The van der Waals surface area contributed by atoms with Crippen LogP contribution in [0.4, 0.5) is 4.79 Å². The van der Waals surface area contributed by atoms with E-state index in [-0.39, 0.29) is 47.0 Å². The average molecular weight is 443 g/mol. The lowest BCUT2D eigenvalue weighted by Crippen LogP contribution is -2.48. The number of nitrogens with zero attached hydrogens (tertiary/aromatic N) is 2. The van der Waals surface area contributed by atoms with Gasteiger partial charge in [-0.25, -0.2) is 9.78 Å². The second-order valence-electron chi connectivity index (χ2n) is 10.2. The molecule has 2 saturated carbocycles. The topological polar surface area (TPSA) is 115 Å². The number of pyridine rings is 1. The summed E-state index contributed by atoms with van der Waals surface area (Å²) in [7, 11) is 0. The summed E-state index contributed by atoms with van der Waals surface area (Å²) < 4.78 is 5.92. The molecule has 1 aromatic rings. The van der Waals surface area contributed by atoms with Crippen LogP contribution in [-0.4, -0.2) is 45.9 Å². The average Bonchev–Trinajstić information content (AvgIpc) is 3.00. The maximum atomic E-state index is 13.0. The van der Waals surface area contributed by atoms with Crippen molar-refractivity contribution < 1.29 is 19.1 Å². The van der Waals surface area contributed by atoms with Crippen molar-refractivity contribution in [1.29, 1.82) is 0 Å². The van der Waals surface area contributed by atoms with E-state index in [1.54, 1.807) is 18.3 Å². The fourth-order valence-electron chi connectivity index (χ4n) is 5.81. The quantitative estimate of drug-likeness (QED) is 0.599. The highest BCUT2D eigenvalue weighted by Gasteiger charge is 2.47. The second kappa shape index (κ2) is 9.08. The maximum absolute atomic E-state index is 13.0. The van der Waals surface area contributed by atoms with Crippen LogP contribution in [0.1, 0.15) is 82.0 Å². The van der Waals surface area contributed by atoms with Gasteiger partial charge in [-0.3, -0.25) is 14.5 Å². The van der Waals surface area contributed by atoms with E-state index >= 15 is 0 Å². The van der Waals surface area contributed by atoms with Gasteiger partial charge >= 0.3 is 6.03 Å². The van der Waals surface area contributed by atoms with E-state index in [1.165, 1.54) is 24.2 Å². The Labute approximate surface area is 189 Å². The Morgan fingerprint density at radius 3 is 2.72 bits per heavy atom. The lowest BCUT2D eigenvalue weighted by molar-refractivity contribution is -0.130. The number of hydrogen-bond donors (Lipinski definition) is 2. The maximum Gasteiger partial charge on any atom is 0.325 e. The molecule has 0 radical (unpaired) electrons. The van der Waals surface area contributed by atoms with E-state index in [1.807, 2.05) is 6.92 Å². The zero-order valence-electron chi connectivity index (χ0n) is 19.0. The van der Waals surface area contributed by atoms with Gasteiger partial charge in [-0.1, -0.05) is 39.0 Å². The number of nitrogens with two attached hydrogens (primary N) is 1. The smallest absolute Gasteiger partial charge is 0.325 e. The summed E-state index contributed by atoms with van der Waals surface area (Å²) in [6.45, 7) is 4.10. The summed E-state index contributed by atoms with van der Waals surface area (Å²) in [5.41, 5.74) is 5.63. The van der Waals surface area contributed by atoms with Crippen LogP contribution < -0.4 is 15.8 Å². The molecule has 3 aliphatic rings. The van der Waals surface area contributed by atoms with Crippen molar-refractivity contribution in [3.63, 3.8) is 0 Å². The molecule has 2 atom stereocenters. The molecular formula is C24H34N4O4. The summed E-state index contributed by atoms with van der Waals surface area (Å²) in [6.07, 6.45) is 10.5. The summed E-state index contributed by atoms with van der Waals surface area (Å²) in [4.78, 5) is 42.7. The van der Waals surface area contributed by atoms with Gasteiger partial charge in [0.05, 0.1) is 0 Å². The van der Waals surface area contributed by atoms with Crippen molar-refractivity contribution in [3.05, 3.63) is 23.9 Å². The lowest BCUT2D eigenvalue weighted by atomic mass is 9.65. The van der Waals surface area contributed by atoms with Crippen LogP contribution in [0, 0.1) is 11.3 Å². The molecule has 3 N–H and O–H groups in total. The van der Waals surface area contributed by atoms with Gasteiger partial charge in [0, 0.05) is 12.2 Å². The van der Waals surface area contributed by atoms with Gasteiger partial charge in [0.15, 0.2) is 0 Å². The zero-order chi connectivity index (χ0) is 22.9. The van der Waals surface area contributed by atoms with Crippen molar-refractivity contribution in [1.82, 2.24) is 15.2 Å². The highest BCUT2D eigenvalue weighted by atomic mass is 16.5. The molecule has 0 aromatic carbocycles. The normalized spacial score (nSPS) is 29.4. The van der Waals surface area contributed by atoms with E-state index in [2.05, 4.69) is 17.2 Å². The van der Waals surface area contributed by atoms with Gasteiger partial charge in [0.25, 0.3) is 11.8 Å². The number of ether oxygens (including phenoxy) is 1. The minimum atomic E-state index is -0.565. The molecule has 0 spiro atoms. The Morgan fingerprint density at radius 2 is 2.03 bits per heavy atom. The number of carbonyl (C=O) groups is 3. The molecule has 2 aliphatic carbocycles. The summed E-state index contributed by atoms with van der Waals surface area (Å²) in [5, 5.41) is 2.92. The fourth-order valence-corrected chi connectivity index (χ4v) is 5.81. The molecule has 0 bridgehead atoms. The molecule has 174 valence electrons. The van der Waals surface area contributed by atoms with Crippen molar-refractivity contribution >= 4 is 17.8 Å². The van der Waals surface area contributed by atoms with Crippen LogP contribution in [0.15, 0.2) is 18.3 Å². The van der Waals surface area contributed by atoms with E-state index in [0.29, 0.717) is 12.3 Å². The highest BCUT2D eigenvalue weighted by molar-refractivity contribution is 6.04. The number of carbonyl (C=O) groups excluding carboxylic acids is 3. The number of aromatic nitrogens is 1. The molecule has 1 aliphatic heterocycles. The lowest BCUT2D eigenvalue weighted by Gasteiger charge is -2.46. The van der Waals surface area contributed by atoms with Crippen molar-refractivity contribution in [2.45, 2.75) is 89.8 Å². The highest BCUT2D eigenvalue weighted by Crippen LogP contribution is 2.47. The Hall–Kier alpha value is -2.64. The minimum absolute atomic E-state index is 0.0479. The molecule has 4 amide bonds. The Kier molecular flexibility index (Phi) is 6.40. The standard InChI is InChI=1S/C24H34N4O4/c1-15(28-22(30)19(27-23(28)31)11-16-7-4-3-5-8-16)12-24(2)13-17(14-24)32-21-18(20(25)29)9-6-10-26-21/h6,9-10,15-17,19H,3-5,7-8,11-14H2,1-2H3,(H2,25,29)(H,27,31)/t15-,17-,19?,24-/m0/s1. The van der Waals surface area contributed by atoms with Crippen LogP contribution in [0.5, 0.6) is 5.88 Å². The molecule has 4 rings (SSSR count). The zero-order valence-corrected chi connectivity index (χ0v) is 19.0. The van der Waals surface area contributed by atoms with E-state index in [9.17, 15) is 14.4 Å². The number of primary amides is 1. The molecule has 1 saturated heterocycles. The number of hydrogen-bond acceptors (Lipinski definition) is 5. The summed E-state index contributed by atoms with van der Waals surface area (Å²) in [5.74, 6) is 0.153. The van der Waals surface area contributed by atoms with Crippen molar-refractivity contribution in [2.24, 2.45) is 17.1 Å². The van der Waals surface area contributed by atoms with E-state index in [4.69, 9.17) is 10.5 Å². The van der Waals surface area contributed by atoms with Gasteiger partial charge in [-0.05, 0) is 56.1 Å². The van der Waals surface area contributed by atoms with Crippen LogP contribution >= 0.6 is 0 Å². The summed E-state index contributed by atoms with van der Waals surface area (Å²) in [6, 6.07) is 2.43. The van der Waals surface area contributed by atoms with Gasteiger partial charge in [0.2, 0.25) is 5.88 Å².